The summed E-state index contributed by atoms with van der Waals surface area (Å²) in [5, 5.41) is 22.5. The second-order valence-electron chi connectivity index (χ2n) is 4.64. The van der Waals surface area contributed by atoms with E-state index in [9.17, 15) is 0 Å². The molecule has 0 amide bonds. The van der Waals surface area contributed by atoms with Crippen molar-refractivity contribution in [3.63, 3.8) is 0 Å². The van der Waals surface area contributed by atoms with Crippen LogP contribution < -0.4 is 0 Å². The average molecular weight is 277 g/mol. The lowest BCUT2D eigenvalue weighted by Gasteiger charge is -2.00. The van der Waals surface area contributed by atoms with Gasteiger partial charge >= 0.3 is 0 Å². The van der Waals surface area contributed by atoms with Crippen molar-refractivity contribution < 1.29 is 0 Å². The van der Waals surface area contributed by atoms with Crippen molar-refractivity contribution >= 4 is 0 Å². The molecule has 0 aliphatic carbocycles. The van der Waals surface area contributed by atoms with Gasteiger partial charge in [-0.3, -0.25) is 0 Å². The molecule has 0 saturated heterocycles. The van der Waals surface area contributed by atoms with Gasteiger partial charge in [-0.25, -0.2) is 4.98 Å². The fourth-order valence-electron chi connectivity index (χ4n) is 1.05. The van der Waals surface area contributed by atoms with E-state index in [4.69, 9.17) is 0 Å². The molecule has 0 fully saturated rings. The van der Waals surface area contributed by atoms with Crippen molar-refractivity contribution in [1.82, 2.24) is 35.6 Å². The first kappa shape index (κ1) is 17.9. The molecule has 0 N–H and O–H groups in total. The Hall–Kier alpha value is -2.05. The first-order valence-electron chi connectivity index (χ1n) is 6.17. The van der Waals surface area contributed by atoms with Crippen LogP contribution in [0.15, 0.2) is 12.5 Å². The largest absolute Gasteiger partial charge is 0.238 e. The number of nitrogens with zero attached hydrogens (tertiary/aromatic N) is 7. The van der Waals surface area contributed by atoms with E-state index < -0.39 is 0 Å². The Morgan fingerprint density at radius 3 is 1.80 bits per heavy atom. The van der Waals surface area contributed by atoms with Gasteiger partial charge in [-0.05, 0) is 12.8 Å². The van der Waals surface area contributed by atoms with Gasteiger partial charge < -0.3 is 0 Å². The normalized spacial score (nSPS) is 9.75. The molecule has 2 rings (SSSR count). The summed E-state index contributed by atoms with van der Waals surface area (Å²) < 4.78 is 0. The minimum absolute atomic E-state index is 0. The van der Waals surface area contributed by atoms with E-state index in [-0.39, 0.29) is 7.43 Å². The molecule has 20 heavy (non-hydrogen) atoms. The van der Waals surface area contributed by atoms with E-state index >= 15 is 0 Å². The molecule has 0 spiro atoms. The van der Waals surface area contributed by atoms with E-state index in [0.29, 0.717) is 17.7 Å². The van der Waals surface area contributed by atoms with Crippen LogP contribution >= 0.6 is 0 Å². The highest BCUT2D eigenvalue weighted by atomic mass is 15.3. The van der Waals surface area contributed by atoms with Crippen LogP contribution in [0, 0.1) is 6.92 Å². The summed E-state index contributed by atoms with van der Waals surface area (Å²) in [6.45, 7) is 9.97. The molecular weight excluding hydrogens is 254 g/mol. The van der Waals surface area contributed by atoms with E-state index in [2.05, 4.69) is 49.4 Å². The summed E-state index contributed by atoms with van der Waals surface area (Å²) in [6, 6.07) is 0. The van der Waals surface area contributed by atoms with Crippen molar-refractivity contribution in [2.24, 2.45) is 0 Å². The van der Waals surface area contributed by atoms with E-state index in [1.807, 2.05) is 20.8 Å². The zero-order valence-corrected chi connectivity index (χ0v) is 11.9. The van der Waals surface area contributed by atoms with Gasteiger partial charge in [0.05, 0.1) is 11.9 Å². The van der Waals surface area contributed by atoms with Gasteiger partial charge in [0.25, 0.3) is 0 Å². The molecular formula is C13H23N7. The van der Waals surface area contributed by atoms with Gasteiger partial charge in [-0.1, -0.05) is 35.1 Å². The molecule has 7 nitrogen and oxygen atoms in total. The van der Waals surface area contributed by atoms with Crippen molar-refractivity contribution in [3.8, 4) is 0 Å². The minimum Gasteiger partial charge on any atom is -0.238 e. The zero-order chi connectivity index (χ0) is 14.3. The monoisotopic (exact) mass is 277 g/mol. The van der Waals surface area contributed by atoms with Crippen LogP contribution in [0.1, 0.15) is 64.3 Å². The SMILES string of the molecule is C.CC(C)c1nncnn1.Cc1ncc(C(C)C)nn1. The van der Waals surface area contributed by atoms with Crippen LogP contribution in [-0.2, 0) is 0 Å². The lowest BCUT2D eigenvalue weighted by atomic mass is 10.2. The van der Waals surface area contributed by atoms with Crippen LogP contribution in [0.3, 0.4) is 0 Å². The first-order chi connectivity index (χ1) is 9.00. The molecule has 2 aromatic rings. The topological polar surface area (TPSA) is 90.2 Å². The molecule has 0 aliphatic rings. The quantitative estimate of drug-likeness (QED) is 0.832. The van der Waals surface area contributed by atoms with Gasteiger partial charge in [0.2, 0.25) is 0 Å². The smallest absolute Gasteiger partial charge is 0.176 e. The number of hydrogen-bond donors (Lipinski definition) is 0. The second kappa shape index (κ2) is 8.95. The second-order valence-corrected chi connectivity index (χ2v) is 4.64. The standard InChI is InChI=1S/C7H11N3.C5H8N4.CH4/c1-5(2)7-4-8-6(3)9-10-7;1-4(2)5-8-6-3-7-9-5;/h4-5H,1-3H3;3-4H,1-2H3;1H4. The highest BCUT2D eigenvalue weighted by molar-refractivity contribution is 4.98. The van der Waals surface area contributed by atoms with E-state index in [0.717, 1.165) is 11.5 Å². The molecule has 0 radical (unpaired) electrons. The van der Waals surface area contributed by atoms with E-state index in [1.165, 1.54) is 6.33 Å². The Kier molecular flexibility index (Phi) is 8.03. The van der Waals surface area contributed by atoms with Gasteiger partial charge in [-0.15, -0.1) is 25.5 Å². The highest BCUT2D eigenvalue weighted by Gasteiger charge is 2.00. The van der Waals surface area contributed by atoms with Crippen molar-refractivity contribution in [2.45, 2.75) is 53.9 Å². The highest BCUT2D eigenvalue weighted by Crippen LogP contribution is 2.07. The summed E-state index contributed by atoms with van der Waals surface area (Å²) in [5.41, 5.74) is 0.950. The Morgan fingerprint density at radius 2 is 1.45 bits per heavy atom. The number of aryl methyl sites for hydroxylation is 1. The van der Waals surface area contributed by atoms with Crippen molar-refractivity contribution in [3.05, 3.63) is 29.9 Å². The Labute approximate surface area is 120 Å². The van der Waals surface area contributed by atoms with Gasteiger partial charge in [0, 0.05) is 5.92 Å². The number of hydrogen-bond acceptors (Lipinski definition) is 7. The maximum atomic E-state index is 4.03. The van der Waals surface area contributed by atoms with Gasteiger partial charge in [-0.2, -0.15) is 5.10 Å². The van der Waals surface area contributed by atoms with Crippen LogP contribution in [0.4, 0.5) is 0 Å². The fraction of sp³-hybridized carbons (Fsp3) is 0.615. The maximum absolute atomic E-state index is 4.03. The molecule has 2 heterocycles. The summed E-state index contributed by atoms with van der Waals surface area (Å²) in [6.07, 6.45) is 3.10. The molecule has 0 unspecified atom stereocenters. The van der Waals surface area contributed by atoms with Crippen molar-refractivity contribution in [1.29, 1.82) is 0 Å². The summed E-state index contributed by atoms with van der Waals surface area (Å²) in [5.74, 6) is 2.15. The predicted molar refractivity (Wildman–Crippen MR) is 77.1 cm³/mol. The molecule has 7 heteroatoms. The molecule has 0 aliphatic heterocycles. The maximum Gasteiger partial charge on any atom is 0.176 e. The number of aromatic nitrogens is 7. The molecule has 0 saturated carbocycles. The fourth-order valence-corrected chi connectivity index (χ4v) is 1.05. The Balaban J connectivity index is 0.000000345. The molecule has 110 valence electrons. The van der Waals surface area contributed by atoms with Crippen LogP contribution in [0.5, 0.6) is 0 Å². The lowest BCUT2D eigenvalue weighted by Crippen LogP contribution is -1.99. The Morgan fingerprint density at radius 1 is 0.850 bits per heavy atom. The third kappa shape index (κ3) is 6.21. The van der Waals surface area contributed by atoms with Gasteiger partial charge in [0.1, 0.15) is 5.82 Å². The minimum atomic E-state index is 0. The van der Waals surface area contributed by atoms with Crippen LogP contribution in [0.2, 0.25) is 0 Å². The molecule has 0 aromatic carbocycles. The summed E-state index contributed by atoms with van der Waals surface area (Å²) >= 11 is 0. The van der Waals surface area contributed by atoms with Crippen molar-refractivity contribution in [2.75, 3.05) is 0 Å². The van der Waals surface area contributed by atoms with E-state index in [1.54, 1.807) is 6.20 Å². The third-order valence-corrected chi connectivity index (χ3v) is 2.23. The first-order valence-corrected chi connectivity index (χ1v) is 6.17. The molecule has 0 atom stereocenters. The summed E-state index contributed by atoms with van der Waals surface area (Å²) in [4.78, 5) is 4.03. The lowest BCUT2D eigenvalue weighted by molar-refractivity contribution is 0.689. The molecule has 2 aromatic heterocycles. The molecule has 0 bridgehead atoms. The predicted octanol–water partition coefficient (Wildman–Crippen LogP) is 2.33. The average Bonchev–Trinajstić information content (AvgIpc) is 2.41. The summed E-state index contributed by atoms with van der Waals surface area (Å²) in [7, 11) is 0. The van der Waals surface area contributed by atoms with Crippen LogP contribution in [0.25, 0.3) is 0 Å². The van der Waals surface area contributed by atoms with Gasteiger partial charge in [0.15, 0.2) is 12.2 Å². The van der Waals surface area contributed by atoms with Crippen LogP contribution in [-0.4, -0.2) is 35.6 Å². The zero-order valence-electron chi connectivity index (χ0n) is 11.9. The Bertz CT molecular complexity index is 468. The third-order valence-electron chi connectivity index (χ3n) is 2.23. The number of rotatable bonds is 2.